The highest BCUT2D eigenvalue weighted by Gasteiger charge is 2.11. The highest BCUT2D eigenvalue weighted by molar-refractivity contribution is 7.80. The molecule has 0 unspecified atom stereocenters. The first kappa shape index (κ1) is 21.6. The van der Waals surface area contributed by atoms with E-state index in [-0.39, 0.29) is 5.11 Å². The highest BCUT2D eigenvalue weighted by atomic mass is 35.5. The van der Waals surface area contributed by atoms with Crippen LogP contribution in [0.5, 0.6) is 0 Å². The van der Waals surface area contributed by atoms with Crippen molar-refractivity contribution in [2.45, 2.75) is 6.92 Å². The summed E-state index contributed by atoms with van der Waals surface area (Å²) in [6, 6.07) is 15.9. The van der Waals surface area contributed by atoms with Gasteiger partial charge in [0.1, 0.15) is 5.82 Å². The first-order chi connectivity index (χ1) is 14.8. The van der Waals surface area contributed by atoms with Crippen molar-refractivity contribution >= 4 is 74.8 Å². The van der Waals surface area contributed by atoms with Gasteiger partial charge in [0.2, 0.25) is 0 Å². The van der Waals surface area contributed by atoms with E-state index in [0.29, 0.717) is 32.1 Å². The van der Waals surface area contributed by atoms with Crippen molar-refractivity contribution in [3.05, 3.63) is 80.8 Å². The fourth-order valence-corrected chi connectivity index (χ4v) is 3.66. The average molecular weight is 490 g/mol. The predicted molar refractivity (Wildman–Crippen MR) is 131 cm³/mol. The molecule has 156 valence electrons. The monoisotopic (exact) mass is 488 g/mol. The van der Waals surface area contributed by atoms with Gasteiger partial charge in [-0.1, -0.05) is 46.9 Å². The van der Waals surface area contributed by atoms with Gasteiger partial charge in [-0.2, -0.15) is 0 Å². The number of nitrogens with zero attached hydrogens (tertiary/aromatic N) is 1. The van der Waals surface area contributed by atoms with Gasteiger partial charge in [-0.3, -0.25) is 10.1 Å². The molecule has 0 saturated heterocycles. The predicted octanol–water partition coefficient (Wildman–Crippen LogP) is 6.63. The Morgan fingerprint density at radius 2 is 1.81 bits per heavy atom. The van der Waals surface area contributed by atoms with Crippen molar-refractivity contribution in [1.82, 2.24) is 15.3 Å². The quantitative estimate of drug-likeness (QED) is 0.283. The normalized spacial score (nSPS) is 10.8. The minimum atomic E-state index is -0.392. The molecule has 0 atom stereocenters. The molecule has 1 aromatic heterocycles. The molecule has 5 nitrogen and oxygen atoms in total. The van der Waals surface area contributed by atoms with E-state index in [1.54, 1.807) is 12.1 Å². The summed E-state index contributed by atoms with van der Waals surface area (Å²) >= 11 is 23.3. The molecule has 0 aliphatic rings. The maximum Gasteiger partial charge on any atom is 0.257 e. The van der Waals surface area contributed by atoms with Crippen LogP contribution in [0.3, 0.4) is 0 Å². The molecule has 31 heavy (non-hydrogen) atoms. The molecule has 0 spiro atoms. The number of imidazole rings is 1. The third-order valence-electron chi connectivity index (χ3n) is 4.57. The van der Waals surface area contributed by atoms with Gasteiger partial charge in [-0.25, -0.2) is 4.98 Å². The van der Waals surface area contributed by atoms with Crippen LogP contribution in [0.1, 0.15) is 15.9 Å². The first-order valence-electron chi connectivity index (χ1n) is 9.14. The number of anilines is 1. The van der Waals surface area contributed by atoms with Gasteiger partial charge >= 0.3 is 0 Å². The molecule has 0 fully saturated rings. The van der Waals surface area contributed by atoms with Crippen molar-refractivity contribution in [2.24, 2.45) is 0 Å². The summed E-state index contributed by atoms with van der Waals surface area (Å²) in [6.45, 7) is 1.94. The van der Waals surface area contributed by atoms with E-state index >= 15 is 0 Å². The van der Waals surface area contributed by atoms with E-state index in [0.717, 1.165) is 22.2 Å². The maximum absolute atomic E-state index is 12.4. The summed E-state index contributed by atoms with van der Waals surface area (Å²) in [5.74, 6) is 0.308. The fraction of sp³-hybridized carbons (Fsp3) is 0.0455. The van der Waals surface area contributed by atoms with E-state index in [1.807, 2.05) is 43.3 Å². The SMILES string of the molecule is Cc1cc2[nH]c(-c3cccc(NC(=S)NC(=O)c4ccc(Cl)c(Cl)c4)c3)nc2cc1Cl. The summed E-state index contributed by atoms with van der Waals surface area (Å²) in [5.41, 5.74) is 4.57. The molecule has 3 N–H and O–H groups in total. The minimum absolute atomic E-state index is 0.153. The Kier molecular flexibility index (Phi) is 6.16. The third kappa shape index (κ3) is 4.83. The maximum atomic E-state index is 12.4. The van der Waals surface area contributed by atoms with Crippen LogP contribution in [0, 0.1) is 6.92 Å². The number of aromatic nitrogens is 2. The molecule has 0 aliphatic carbocycles. The summed E-state index contributed by atoms with van der Waals surface area (Å²) in [6.07, 6.45) is 0. The number of aryl methyl sites for hydroxylation is 1. The van der Waals surface area contributed by atoms with Crippen LogP contribution in [-0.2, 0) is 0 Å². The van der Waals surface area contributed by atoms with E-state index in [1.165, 1.54) is 6.07 Å². The lowest BCUT2D eigenvalue weighted by Crippen LogP contribution is -2.34. The molecular weight excluding hydrogens is 475 g/mol. The molecule has 0 aliphatic heterocycles. The average Bonchev–Trinajstić information content (AvgIpc) is 3.13. The number of benzene rings is 3. The van der Waals surface area contributed by atoms with Gasteiger partial charge in [-0.15, -0.1) is 0 Å². The standard InChI is InChI=1S/C22H15Cl3N4OS/c1-11-7-18-19(10-16(11)24)28-20(27-18)12-3-2-4-14(8-12)26-22(31)29-21(30)13-5-6-15(23)17(25)9-13/h2-10H,1H3,(H,27,28)(H2,26,29,30,31). The van der Waals surface area contributed by atoms with Crippen molar-refractivity contribution in [1.29, 1.82) is 0 Å². The zero-order valence-corrected chi connectivity index (χ0v) is 19.2. The van der Waals surface area contributed by atoms with Gasteiger partial charge in [0.15, 0.2) is 5.11 Å². The van der Waals surface area contributed by atoms with Crippen LogP contribution < -0.4 is 10.6 Å². The molecule has 0 saturated carbocycles. The van der Waals surface area contributed by atoms with Crippen molar-refractivity contribution in [2.75, 3.05) is 5.32 Å². The first-order valence-corrected chi connectivity index (χ1v) is 10.7. The number of H-pyrrole nitrogens is 1. The van der Waals surface area contributed by atoms with Gasteiger partial charge in [0.05, 0.1) is 21.1 Å². The largest absolute Gasteiger partial charge is 0.338 e. The van der Waals surface area contributed by atoms with E-state index < -0.39 is 5.91 Å². The van der Waals surface area contributed by atoms with Gasteiger partial charge in [0, 0.05) is 21.8 Å². The lowest BCUT2D eigenvalue weighted by molar-refractivity contribution is 0.0977. The number of hydrogen-bond acceptors (Lipinski definition) is 3. The van der Waals surface area contributed by atoms with Crippen LogP contribution in [0.4, 0.5) is 5.69 Å². The van der Waals surface area contributed by atoms with Crippen LogP contribution in [0.15, 0.2) is 54.6 Å². The summed E-state index contributed by atoms with van der Waals surface area (Å²) < 4.78 is 0. The number of carbonyl (C=O) groups excluding carboxylic acids is 1. The Labute approximate surface area is 198 Å². The van der Waals surface area contributed by atoms with Crippen molar-refractivity contribution in [3.63, 3.8) is 0 Å². The van der Waals surface area contributed by atoms with Crippen LogP contribution in [0.25, 0.3) is 22.4 Å². The molecule has 0 bridgehead atoms. The van der Waals surface area contributed by atoms with E-state index in [9.17, 15) is 4.79 Å². The number of nitrogens with one attached hydrogen (secondary N) is 3. The highest BCUT2D eigenvalue weighted by Crippen LogP contribution is 2.27. The van der Waals surface area contributed by atoms with Crippen LogP contribution in [0.2, 0.25) is 15.1 Å². The van der Waals surface area contributed by atoms with Gasteiger partial charge in [-0.05, 0) is 67.2 Å². The molecular formula is C22H15Cl3N4OS. The number of rotatable bonds is 3. The van der Waals surface area contributed by atoms with Crippen molar-refractivity contribution < 1.29 is 4.79 Å². The number of aromatic amines is 1. The second-order valence-corrected chi connectivity index (χ2v) is 8.45. The van der Waals surface area contributed by atoms with Crippen molar-refractivity contribution in [3.8, 4) is 11.4 Å². The Hall–Kier alpha value is -2.64. The topological polar surface area (TPSA) is 69.8 Å². The zero-order chi connectivity index (χ0) is 22.1. The molecule has 9 heteroatoms. The number of amides is 1. The molecule has 1 heterocycles. The van der Waals surface area contributed by atoms with E-state index in [4.69, 9.17) is 47.0 Å². The second kappa shape index (κ2) is 8.85. The second-order valence-electron chi connectivity index (χ2n) is 6.82. The molecule has 4 aromatic rings. The smallest absolute Gasteiger partial charge is 0.257 e. The molecule has 3 aromatic carbocycles. The third-order valence-corrected chi connectivity index (χ3v) is 5.92. The molecule has 0 radical (unpaired) electrons. The lowest BCUT2D eigenvalue weighted by atomic mass is 10.2. The summed E-state index contributed by atoms with van der Waals surface area (Å²) in [5, 5.41) is 7.13. The number of carbonyl (C=O) groups is 1. The Morgan fingerprint density at radius 1 is 1.00 bits per heavy atom. The Bertz CT molecular complexity index is 1300. The van der Waals surface area contributed by atoms with E-state index in [2.05, 4.69) is 20.6 Å². The number of fused-ring (bicyclic) bond motifs is 1. The number of halogens is 3. The van der Waals surface area contributed by atoms with Crippen LogP contribution in [-0.4, -0.2) is 21.0 Å². The Balaban J connectivity index is 1.50. The Morgan fingerprint density at radius 3 is 2.58 bits per heavy atom. The fourth-order valence-electron chi connectivity index (χ4n) is 3.00. The summed E-state index contributed by atoms with van der Waals surface area (Å²) in [7, 11) is 0. The van der Waals surface area contributed by atoms with Gasteiger partial charge in [0.25, 0.3) is 5.91 Å². The number of hydrogen-bond donors (Lipinski definition) is 3. The number of thiocarbonyl (C=S) groups is 1. The molecule has 4 rings (SSSR count). The lowest BCUT2D eigenvalue weighted by Gasteiger charge is -2.11. The van der Waals surface area contributed by atoms with Crippen LogP contribution >= 0.6 is 47.0 Å². The van der Waals surface area contributed by atoms with Gasteiger partial charge < -0.3 is 10.3 Å². The minimum Gasteiger partial charge on any atom is -0.338 e. The summed E-state index contributed by atoms with van der Waals surface area (Å²) in [4.78, 5) is 20.3. The molecule has 1 amide bonds. The zero-order valence-electron chi connectivity index (χ0n) is 16.1.